The number of aromatic nitrogens is 2. The van der Waals surface area contributed by atoms with Crippen LogP contribution in [0.25, 0.3) is 0 Å². The van der Waals surface area contributed by atoms with Crippen molar-refractivity contribution in [2.75, 3.05) is 11.4 Å². The minimum absolute atomic E-state index is 0.352. The summed E-state index contributed by atoms with van der Waals surface area (Å²) in [7, 11) is 0. The Hall–Kier alpha value is -1.23. The number of nitrogens with zero attached hydrogens (tertiary/aromatic N) is 3. The number of aryl methyl sites for hydroxylation is 1. The molecule has 0 saturated heterocycles. The summed E-state index contributed by atoms with van der Waals surface area (Å²) in [5, 5.41) is 0. The number of rotatable bonds is 5. The van der Waals surface area contributed by atoms with Gasteiger partial charge in [0.1, 0.15) is 5.82 Å². The van der Waals surface area contributed by atoms with Crippen molar-refractivity contribution in [2.45, 2.75) is 33.2 Å². The van der Waals surface area contributed by atoms with E-state index in [1.165, 1.54) is 0 Å². The van der Waals surface area contributed by atoms with E-state index in [0.29, 0.717) is 17.5 Å². The fraction of sp³-hybridized carbons (Fsp3) is 0.545. The molecule has 0 unspecified atom stereocenters. The molecule has 88 valence electrons. The lowest BCUT2D eigenvalue weighted by atomic mass is 10.2. The number of thiocarbonyl (C=S) groups is 1. The molecule has 5 heteroatoms. The van der Waals surface area contributed by atoms with Crippen LogP contribution in [0.3, 0.4) is 0 Å². The number of anilines is 1. The zero-order valence-corrected chi connectivity index (χ0v) is 10.8. The molecule has 0 atom stereocenters. The Kier molecular flexibility index (Phi) is 4.61. The van der Waals surface area contributed by atoms with Crippen LogP contribution in [0.15, 0.2) is 12.4 Å². The first-order valence-electron chi connectivity index (χ1n) is 5.35. The molecule has 0 bridgehead atoms. The van der Waals surface area contributed by atoms with Crippen molar-refractivity contribution in [3.05, 3.63) is 18.1 Å². The summed E-state index contributed by atoms with van der Waals surface area (Å²) in [6.07, 6.45) is 4.10. The SMILES string of the molecule is Cc1nccnc1N(CCC(N)=S)C(C)C. The maximum absolute atomic E-state index is 5.53. The molecule has 0 aliphatic carbocycles. The van der Waals surface area contributed by atoms with Gasteiger partial charge < -0.3 is 10.6 Å². The summed E-state index contributed by atoms with van der Waals surface area (Å²) in [5.41, 5.74) is 6.46. The van der Waals surface area contributed by atoms with E-state index >= 15 is 0 Å². The molecule has 16 heavy (non-hydrogen) atoms. The maximum atomic E-state index is 5.53. The summed E-state index contributed by atoms with van der Waals surface area (Å²) in [4.78, 5) is 11.3. The van der Waals surface area contributed by atoms with Crippen LogP contribution in [0.5, 0.6) is 0 Å². The van der Waals surface area contributed by atoms with Gasteiger partial charge in [-0.25, -0.2) is 4.98 Å². The van der Waals surface area contributed by atoms with E-state index in [2.05, 4.69) is 28.7 Å². The van der Waals surface area contributed by atoms with Crippen LogP contribution >= 0.6 is 12.2 Å². The smallest absolute Gasteiger partial charge is 0.150 e. The average molecular weight is 238 g/mol. The van der Waals surface area contributed by atoms with Crippen molar-refractivity contribution >= 4 is 23.0 Å². The second-order valence-corrected chi connectivity index (χ2v) is 4.49. The van der Waals surface area contributed by atoms with E-state index in [1.807, 2.05) is 6.92 Å². The third-order valence-electron chi connectivity index (χ3n) is 2.35. The van der Waals surface area contributed by atoms with Crippen LogP contribution in [-0.2, 0) is 0 Å². The topological polar surface area (TPSA) is 55.0 Å². The van der Waals surface area contributed by atoms with E-state index in [4.69, 9.17) is 18.0 Å². The molecule has 0 spiro atoms. The Morgan fingerprint density at radius 1 is 1.44 bits per heavy atom. The number of hydrogen-bond acceptors (Lipinski definition) is 4. The molecule has 0 amide bonds. The minimum Gasteiger partial charge on any atom is -0.393 e. The quantitative estimate of drug-likeness (QED) is 0.791. The molecule has 1 rings (SSSR count). The van der Waals surface area contributed by atoms with Gasteiger partial charge in [-0.05, 0) is 20.8 Å². The molecular weight excluding hydrogens is 220 g/mol. The zero-order chi connectivity index (χ0) is 12.1. The molecule has 2 N–H and O–H groups in total. The molecule has 1 aromatic heterocycles. The molecule has 1 heterocycles. The third-order valence-corrected chi connectivity index (χ3v) is 2.55. The largest absolute Gasteiger partial charge is 0.393 e. The highest BCUT2D eigenvalue weighted by Gasteiger charge is 2.14. The fourth-order valence-electron chi connectivity index (χ4n) is 1.52. The third kappa shape index (κ3) is 3.41. The standard InChI is InChI=1S/C11H18N4S/c1-8(2)15(7-4-10(12)16)11-9(3)13-5-6-14-11/h5-6,8H,4,7H2,1-3H3,(H2,12,16). The van der Waals surface area contributed by atoms with E-state index in [1.54, 1.807) is 12.4 Å². The number of nitrogens with two attached hydrogens (primary N) is 1. The molecule has 0 aliphatic rings. The minimum atomic E-state index is 0.352. The first kappa shape index (κ1) is 12.8. The van der Waals surface area contributed by atoms with Crippen LogP contribution in [-0.4, -0.2) is 27.5 Å². The van der Waals surface area contributed by atoms with Crippen molar-refractivity contribution in [1.82, 2.24) is 9.97 Å². The molecule has 0 saturated carbocycles. The molecular formula is C11H18N4S. The predicted octanol–water partition coefficient (Wildman–Crippen LogP) is 1.68. The highest BCUT2D eigenvalue weighted by molar-refractivity contribution is 7.80. The van der Waals surface area contributed by atoms with Gasteiger partial charge in [-0.2, -0.15) is 0 Å². The fourth-order valence-corrected chi connectivity index (χ4v) is 1.61. The molecule has 0 aromatic carbocycles. The summed E-state index contributed by atoms with van der Waals surface area (Å²) >= 11 is 4.90. The van der Waals surface area contributed by atoms with Crippen molar-refractivity contribution in [3.63, 3.8) is 0 Å². The lowest BCUT2D eigenvalue weighted by molar-refractivity contribution is 0.675. The first-order valence-corrected chi connectivity index (χ1v) is 5.75. The highest BCUT2D eigenvalue weighted by Crippen LogP contribution is 2.16. The van der Waals surface area contributed by atoms with Gasteiger partial charge in [0.05, 0.1) is 10.7 Å². The lowest BCUT2D eigenvalue weighted by Gasteiger charge is -2.28. The van der Waals surface area contributed by atoms with Gasteiger partial charge in [0.15, 0.2) is 0 Å². The van der Waals surface area contributed by atoms with Gasteiger partial charge in [-0.1, -0.05) is 12.2 Å². The monoisotopic (exact) mass is 238 g/mol. The molecule has 0 fully saturated rings. The Morgan fingerprint density at radius 3 is 2.56 bits per heavy atom. The summed E-state index contributed by atoms with van der Waals surface area (Å²) < 4.78 is 0. The van der Waals surface area contributed by atoms with Crippen LogP contribution < -0.4 is 10.6 Å². The molecule has 0 radical (unpaired) electrons. The van der Waals surface area contributed by atoms with Crippen LogP contribution in [0.1, 0.15) is 26.0 Å². The molecule has 4 nitrogen and oxygen atoms in total. The highest BCUT2D eigenvalue weighted by atomic mass is 32.1. The second kappa shape index (κ2) is 5.75. The Labute approximate surface area is 102 Å². The Bertz CT molecular complexity index is 365. The van der Waals surface area contributed by atoms with Crippen LogP contribution in [0, 0.1) is 6.92 Å². The maximum Gasteiger partial charge on any atom is 0.150 e. The van der Waals surface area contributed by atoms with E-state index in [0.717, 1.165) is 18.1 Å². The summed E-state index contributed by atoms with van der Waals surface area (Å²) in [6.45, 7) is 6.98. The lowest BCUT2D eigenvalue weighted by Crippen LogP contribution is -2.35. The van der Waals surface area contributed by atoms with Crippen molar-refractivity contribution in [2.24, 2.45) is 5.73 Å². The normalized spacial score (nSPS) is 10.5. The molecule has 0 aliphatic heterocycles. The average Bonchev–Trinajstić information content (AvgIpc) is 2.20. The van der Waals surface area contributed by atoms with Gasteiger partial charge in [-0.15, -0.1) is 0 Å². The summed E-state index contributed by atoms with van der Waals surface area (Å²) in [6, 6.07) is 0.352. The first-order chi connectivity index (χ1) is 7.52. The van der Waals surface area contributed by atoms with Crippen LogP contribution in [0.4, 0.5) is 5.82 Å². The Balaban J connectivity index is 2.85. The van der Waals surface area contributed by atoms with E-state index in [-0.39, 0.29) is 0 Å². The zero-order valence-electron chi connectivity index (χ0n) is 9.97. The van der Waals surface area contributed by atoms with Gasteiger partial charge in [-0.3, -0.25) is 4.98 Å². The van der Waals surface area contributed by atoms with Gasteiger partial charge in [0.2, 0.25) is 0 Å². The van der Waals surface area contributed by atoms with E-state index in [9.17, 15) is 0 Å². The van der Waals surface area contributed by atoms with Crippen molar-refractivity contribution in [3.8, 4) is 0 Å². The van der Waals surface area contributed by atoms with Gasteiger partial charge in [0.25, 0.3) is 0 Å². The van der Waals surface area contributed by atoms with Crippen molar-refractivity contribution in [1.29, 1.82) is 0 Å². The number of hydrogen-bond donors (Lipinski definition) is 1. The predicted molar refractivity (Wildman–Crippen MR) is 70.7 cm³/mol. The Morgan fingerprint density at radius 2 is 2.06 bits per heavy atom. The molecule has 1 aromatic rings. The second-order valence-electron chi connectivity index (χ2n) is 3.97. The van der Waals surface area contributed by atoms with Gasteiger partial charge in [0, 0.05) is 31.4 Å². The van der Waals surface area contributed by atoms with Crippen molar-refractivity contribution < 1.29 is 0 Å². The van der Waals surface area contributed by atoms with Crippen LogP contribution in [0.2, 0.25) is 0 Å². The van der Waals surface area contributed by atoms with E-state index < -0.39 is 0 Å². The van der Waals surface area contributed by atoms with Gasteiger partial charge >= 0.3 is 0 Å². The summed E-state index contributed by atoms with van der Waals surface area (Å²) in [5.74, 6) is 0.911.